The Morgan fingerprint density at radius 2 is 1.70 bits per heavy atom. The highest BCUT2D eigenvalue weighted by atomic mass is 16.3. The summed E-state index contributed by atoms with van der Waals surface area (Å²) in [6.45, 7) is 8.97. The van der Waals surface area contributed by atoms with Crippen molar-refractivity contribution in [2.45, 2.75) is 58.4 Å². The van der Waals surface area contributed by atoms with Crippen LogP contribution in [0.5, 0.6) is 5.75 Å². The fourth-order valence-corrected chi connectivity index (χ4v) is 2.39. The molecule has 0 saturated carbocycles. The molecule has 1 aromatic rings. The zero-order chi connectivity index (χ0) is 17.8. The van der Waals surface area contributed by atoms with Gasteiger partial charge in [0.05, 0.1) is 18.8 Å². The molecule has 0 heterocycles. The van der Waals surface area contributed by atoms with E-state index in [0.29, 0.717) is 6.42 Å². The maximum absolute atomic E-state index is 12.0. The average molecular weight is 323 g/mol. The van der Waals surface area contributed by atoms with Crippen LogP contribution in [0.3, 0.4) is 0 Å². The van der Waals surface area contributed by atoms with Crippen molar-refractivity contribution >= 4 is 5.91 Å². The summed E-state index contributed by atoms with van der Waals surface area (Å²) in [5.41, 5.74) is 1.43. The van der Waals surface area contributed by atoms with Crippen LogP contribution in [0.15, 0.2) is 12.1 Å². The number of rotatable bonds is 6. The van der Waals surface area contributed by atoms with E-state index in [-0.39, 0.29) is 36.7 Å². The number of aryl methyl sites for hydroxylation is 2. The van der Waals surface area contributed by atoms with Crippen molar-refractivity contribution in [3.63, 3.8) is 0 Å². The van der Waals surface area contributed by atoms with E-state index in [1.54, 1.807) is 6.92 Å². The molecule has 0 aliphatic heterocycles. The van der Waals surface area contributed by atoms with Crippen LogP contribution in [0.1, 0.15) is 50.8 Å². The Morgan fingerprint density at radius 1 is 1.13 bits per heavy atom. The van der Waals surface area contributed by atoms with Gasteiger partial charge in [-0.05, 0) is 36.8 Å². The Balaban J connectivity index is 2.87. The van der Waals surface area contributed by atoms with E-state index in [9.17, 15) is 20.1 Å². The van der Waals surface area contributed by atoms with E-state index in [0.717, 1.165) is 16.7 Å². The van der Waals surface area contributed by atoms with Crippen LogP contribution >= 0.6 is 0 Å². The van der Waals surface area contributed by atoms with Crippen LogP contribution in [0.25, 0.3) is 0 Å². The van der Waals surface area contributed by atoms with Gasteiger partial charge in [-0.1, -0.05) is 38.5 Å². The minimum Gasteiger partial charge on any atom is -0.507 e. The zero-order valence-corrected chi connectivity index (χ0v) is 14.7. The Morgan fingerprint density at radius 3 is 2.17 bits per heavy atom. The van der Waals surface area contributed by atoms with Crippen molar-refractivity contribution in [2.75, 3.05) is 13.2 Å². The molecule has 0 unspecified atom stereocenters. The fourth-order valence-electron chi connectivity index (χ4n) is 2.39. The predicted octanol–water partition coefficient (Wildman–Crippen LogP) is 1.79. The lowest BCUT2D eigenvalue weighted by molar-refractivity contribution is -0.124. The number of aromatic hydroxyl groups is 1. The van der Waals surface area contributed by atoms with Crippen molar-refractivity contribution < 1.29 is 20.1 Å². The molecule has 0 aromatic heterocycles. The number of phenolic OH excluding ortho intramolecular Hbond substituents is 1. The van der Waals surface area contributed by atoms with Gasteiger partial charge < -0.3 is 20.6 Å². The van der Waals surface area contributed by atoms with Gasteiger partial charge in [-0.3, -0.25) is 4.79 Å². The molecule has 5 nitrogen and oxygen atoms in total. The summed E-state index contributed by atoms with van der Waals surface area (Å²) in [6.07, 6.45) is 0.575. The second kappa shape index (κ2) is 7.32. The fraction of sp³-hybridized carbons (Fsp3) is 0.611. The second-order valence-electron chi connectivity index (χ2n) is 7.50. The first-order chi connectivity index (χ1) is 10.5. The van der Waals surface area contributed by atoms with Gasteiger partial charge in [-0.2, -0.15) is 0 Å². The minimum absolute atomic E-state index is 0.177. The van der Waals surface area contributed by atoms with E-state index in [1.165, 1.54) is 0 Å². The molecular weight excluding hydrogens is 294 g/mol. The van der Waals surface area contributed by atoms with Gasteiger partial charge in [0, 0.05) is 6.42 Å². The first-order valence-corrected chi connectivity index (χ1v) is 7.88. The number of amides is 1. The molecule has 130 valence electrons. The predicted molar refractivity (Wildman–Crippen MR) is 90.6 cm³/mol. The largest absolute Gasteiger partial charge is 0.507 e. The van der Waals surface area contributed by atoms with E-state index in [2.05, 4.69) is 5.32 Å². The van der Waals surface area contributed by atoms with Crippen LogP contribution < -0.4 is 5.32 Å². The highest BCUT2D eigenvalue weighted by Gasteiger charge is 2.25. The molecule has 1 aromatic carbocycles. The van der Waals surface area contributed by atoms with Crippen LogP contribution in [-0.2, 0) is 16.6 Å². The smallest absolute Gasteiger partial charge is 0.220 e. The molecular formula is C18H29NO4. The van der Waals surface area contributed by atoms with Crippen molar-refractivity contribution in [3.05, 3.63) is 28.8 Å². The molecule has 0 aliphatic rings. The number of nitrogens with one attached hydrogen (secondary N) is 1. The highest BCUT2D eigenvalue weighted by molar-refractivity contribution is 5.77. The molecule has 0 spiro atoms. The van der Waals surface area contributed by atoms with E-state index >= 15 is 0 Å². The summed E-state index contributed by atoms with van der Waals surface area (Å²) in [7, 11) is 0. The van der Waals surface area contributed by atoms with Gasteiger partial charge in [-0.25, -0.2) is 0 Å². The Hall–Kier alpha value is -1.59. The molecule has 1 amide bonds. The third kappa shape index (κ3) is 5.22. The number of hydrogen-bond donors (Lipinski definition) is 4. The summed E-state index contributed by atoms with van der Waals surface area (Å²) in [4.78, 5) is 12.0. The molecule has 5 heteroatoms. The maximum atomic E-state index is 12.0. The Labute approximate surface area is 138 Å². The maximum Gasteiger partial charge on any atom is 0.220 e. The number of benzene rings is 1. The van der Waals surface area contributed by atoms with Gasteiger partial charge in [0.2, 0.25) is 5.91 Å². The zero-order valence-electron chi connectivity index (χ0n) is 14.7. The first kappa shape index (κ1) is 19.5. The van der Waals surface area contributed by atoms with E-state index in [4.69, 9.17) is 0 Å². The van der Waals surface area contributed by atoms with Crippen LogP contribution in [0.2, 0.25) is 0 Å². The quantitative estimate of drug-likeness (QED) is 0.642. The molecule has 0 bridgehead atoms. The second-order valence-corrected chi connectivity index (χ2v) is 7.50. The SMILES string of the molecule is Cc1cc(CCC(=O)NC(C)(CO)CO)c(O)c(C(C)(C)C)c1. The van der Waals surface area contributed by atoms with Crippen molar-refractivity contribution in [1.82, 2.24) is 5.32 Å². The summed E-state index contributed by atoms with van der Waals surface area (Å²) in [6, 6.07) is 3.85. The van der Waals surface area contributed by atoms with Gasteiger partial charge in [0.1, 0.15) is 5.75 Å². The molecule has 0 radical (unpaired) electrons. The average Bonchev–Trinajstić information content (AvgIpc) is 2.46. The molecule has 1 rings (SSSR count). The van der Waals surface area contributed by atoms with Crippen LogP contribution in [-0.4, -0.2) is 40.0 Å². The summed E-state index contributed by atoms with van der Waals surface area (Å²) < 4.78 is 0. The number of carbonyl (C=O) groups excluding carboxylic acids is 1. The lowest BCUT2D eigenvalue weighted by Gasteiger charge is -2.26. The van der Waals surface area contributed by atoms with E-state index < -0.39 is 5.54 Å². The van der Waals surface area contributed by atoms with Crippen LogP contribution in [0.4, 0.5) is 0 Å². The topological polar surface area (TPSA) is 89.8 Å². The lowest BCUT2D eigenvalue weighted by Crippen LogP contribution is -2.51. The minimum atomic E-state index is -1.03. The number of aliphatic hydroxyl groups is 2. The standard InChI is InChI=1S/C18H29NO4/c1-12-8-13(16(23)14(9-12)17(2,3)4)6-7-15(22)19-18(5,10-20)11-21/h8-9,20-21,23H,6-7,10-11H2,1-5H3,(H,19,22). The molecule has 23 heavy (non-hydrogen) atoms. The Kier molecular flexibility index (Phi) is 6.19. The molecule has 0 aliphatic carbocycles. The number of phenols is 1. The number of aliphatic hydroxyl groups excluding tert-OH is 2. The van der Waals surface area contributed by atoms with Crippen molar-refractivity contribution in [2.24, 2.45) is 0 Å². The molecule has 0 atom stereocenters. The van der Waals surface area contributed by atoms with Crippen molar-refractivity contribution in [1.29, 1.82) is 0 Å². The molecule has 4 N–H and O–H groups in total. The van der Waals surface area contributed by atoms with E-state index in [1.807, 2.05) is 39.8 Å². The lowest BCUT2D eigenvalue weighted by atomic mass is 9.83. The summed E-state index contributed by atoms with van der Waals surface area (Å²) in [5, 5.41) is 31.5. The van der Waals surface area contributed by atoms with Gasteiger partial charge >= 0.3 is 0 Å². The summed E-state index contributed by atoms with van der Waals surface area (Å²) >= 11 is 0. The van der Waals surface area contributed by atoms with Crippen molar-refractivity contribution in [3.8, 4) is 5.75 Å². The third-order valence-corrected chi connectivity index (χ3v) is 3.90. The van der Waals surface area contributed by atoms with Crippen LogP contribution in [0, 0.1) is 6.92 Å². The normalized spacial score (nSPS) is 12.3. The molecule has 0 fully saturated rings. The number of hydrogen-bond acceptors (Lipinski definition) is 4. The monoisotopic (exact) mass is 323 g/mol. The summed E-state index contributed by atoms with van der Waals surface area (Å²) in [5.74, 6) is -0.0307. The Bertz CT molecular complexity index is 557. The van der Waals surface area contributed by atoms with Gasteiger partial charge in [0.15, 0.2) is 0 Å². The third-order valence-electron chi connectivity index (χ3n) is 3.90. The molecule has 0 saturated heterocycles. The number of carbonyl (C=O) groups is 1. The van der Waals surface area contributed by atoms with Gasteiger partial charge in [-0.15, -0.1) is 0 Å². The van der Waals surface area contributed by atoms with Gasteiger partial charge in [0.25, 0.3) is 0 Å². The highest BCUT2D eigenvalue weighted by Crippen LogP contribution is 2.34. The first-order valence-electron chi connectivity index (χ1n) is 7.88.